The Morgan fingerprint density at radius 3 is 2.48 bits per heavy atom. The minimum Gasteiger partial charge on any atom is -0.381 e. The molecule has 0 aromatic rings. The molecule has 2 unspecified atom stereocenters. The number of ether oxygens (including phenoxy) is 1. The maximum absolute atomic E-state index is 12.5. The third-order valence-corrected chi connectivity index (χ3v) is 4.65. The molecule has 2 rings (SSSR count). The van der Waals surface area contributed by atoms with E-state index in [1.165, 1.54) is 0 Å². The minimum atomic E-state index is -0.814. The largest absolute Gasteiger partial charge is 0.381 e. The number of amides is 2. The molecular formula is C16H30ClN3O3. The topological polar surface area (TPSA) is 93.5 Å². The van der Waals surface area contributed by atoms with Gasteiger partial charge in [0, 0.05) is 31.2 Å². The van der Waals surface area contributed by atoms with E-state index in [4.69, 9.17) is 10.5 Å². The summed E-state index contributed by atoms with van der Waals surface area (Å²) in [5.74, 6) is -0.00180. The average molecular weight is 348 g/mol. The van der Waals surface area contributed by atoms with Crippen molar-refractivity contribution in [1.29, 1.82) is 0 Å². The van der Waals surface area contributed by atoms with Gasteiger partial charge in [-0.25, -0.2) is 0 Å². The van der Waals surface area contributed by atoms with Crippen LogP contribution in [0.1, 0.15) is 52.4 Å². The molecule has 2 aliphatic rings. The number of halogens is 1. The highest BCUT2D eigenvalue weighted by Gasteiger charge is 2.38. The molecule has 1 saturated heterocycles. The lowest BCUT2D eigenvalue weighted by Crippen LogP contribution is -2.59. The fourth-order valence-electron chi connectivity index (χ4n) is 3.25. The molecule has 2 amide bonds. The van der Waals surface area contributed by atoms with Gasteiger partial charge in [-0.1, -0.05) is 6.42 Å². The van der Waals surface area contributed by atoms with Crippen LogP contribution in [0, 0.1) is 5.92 Å². The monoisotopic (exact) mass is 347 g/mol. The third-order valence-electron chi connectivity index (χ3n) is 4.65. The standard InChI is InChI=1S/C16H29N3O3.ClH/c1-11(2)18-14(20)12-4-3-5-13(10-12)19-15(21)16(17)6-8-22-9-7-16;/h11-13H,3-10,17H2,1-2H3,(H,18,20)(H,19,21);1H. The molecule has 0 spiro atoms. The number of rotatable bonds is 4. The first kappa shape index (κ1) is 20.2. The quantitative estimate of drug-likeness (QED) is 0.710. The first-order valence-electron chi connectivity index (χ1n) is 8.39. The van der Waals surface area contributed by atoms with Gasteiger partial charge in [0.2, 0.25) is 11.8 Å². The van der Waals surface area contributed by atoms with Crippen LogP contribution in [0.4, 0.5) is 0 Å². The van der Waals surface area contributed by atoms with Crippen LogP contribution >= 0.6 is 12.4 Å². The Morgan fingerprint density at radius 1 is 1.22 bits per heavy atom. The van der Waals surface area contributed by atoms with Gasteiger partial charge in [-0.3, -0.25) is 9.59 Å². The number of hydrogen-bond acceptors (Lipinski definition) is 4. The number of hydrogen-bond donors (Lipinski definition) is 3. The second kappa shape index (κ2) is 8.85. The molecule has 1 heterocycles. The van der Waals surface area contributed by atoms with E-state index in [0.717, 1.165) is 19.3 Å². The van der Waals surface area contributed by atoms with Gasteiger partial charge >= 0.3 is 0 Å². The van der Waals surface area contributed by atoms with Gasteiger partial charge in [-0.2, -0.15) is 0 Å². The zero-order valence-electron chi connectivity index (χ0n) is 14.1. The van der Waals surface area contributed by atoms with Crippen molar-refractivity contribution < 1.29 is 14.3 Å². The molecule has 6 nitrogen and oxygen atoms in total. The van der Waals surface area contributed by atoms with Crippen LogP contribution in [0.2, 0.25) is 0 Å². The summed E-state index contributed by atoms with van der Waals surface area (Å²) in [5, 5.41) is 6.03. The van der Waals surface area contributed by atoms with Crippen LogP contribution in [0.25, 0.3) is 0 Å². The first-order valence-corrected chi connectivity index (χ1v) is 8.39. The van der Waals surface area contributed by atoms with E-state index in [2.05, 4.69) is 10.6 Å². The fourth-order valence-corrected chi connectivity index (χ4v) is 3.25. The van der Waals surface area contributed by atoms with E-state index < -0.39 is 5.54 Å². The van der Waals surface area contributed by atoms with Gasteiger partial charge in [0.25, 0.3) is 0 Å². The summed E-state index contributed by atoms with van der Waals surface area (Å²) >= 11 is 0. The normalized spacial score (nSPS) is 27.0. The van der Waals surface area contributed by atoms with Crippen molar-refractivity contribution in [2.45, 2.75) is 70.0 Å². The van der Waals surface area contributed by atoms with Gasteiger partial charge < -0.3 is 21.1 Å². The zero-order valence-corrected chi connectivity index (χ0v) is 14.9. The van der Waals surface area contributed by atoms with Crippen molar-refractivity contribution in [3.8, 4) is 0 Å². The second-order valence-electron chi connectivity index (χ2n) is 6.97. The average Bonchev–Trinajstić information content (AvgIpc) is 2.47. The van der Waals surface area contributed by atoms with E-state index in [1.54, 1.807) is 0 Å². The number of carbonyl (C=O) groups is 2. The molecule has 4 N–H and O–H groups in total. The highest BCUT2D eigenvalue weighted by molar-refractivity contribution is 5.86. The van der Waals surface area contributed by atoms with Crippen molar-refractivity contribution in [3.05, 3.63) is 0 Å². The molecule has 1 aliphatic carbocycles. The van der Waals surface area contributed by atoms with E-state index in [9.17, 15) is 9.59 Å². The molecule has 7 heteroatoms. The van der Waals surface area contributed by atoms with E-state index in [1.807, 2.05) is 13.8 Å². The molecule has 1 aliphatic heterocycles. The van der Waals surface area contributed by atoms with Gasteiger partial charge in [0.1, 0.15) is 0 Å². The predicted molar refractivity (Wildman–Crippen MR) is 91.4 cm³/mol. The lowest BCUT2D eigenvalue weighted by Gasteiger charge is -2.35. The van der Waals surface area contributed by atoms with Crippen molar-refractivity contribution >= 4 is 24.2 Å². The molecule has 0 aromatic heterocycles. The minimum absolute atomic E-state index is 0. The number of nitrogens with two attached hydrogens (primary N) is 1. The molecule has 0 bridgehead atoms. The zero-order chi connectivity index (χ0) is 16.2. The maximum atomic E-state index is 12.5. The number of carbonyl (C=O) groups excluding carboxylic acids is 2. The second-order valence-corrected chi connectivity index (χ2v) is 6.97. The Balaban J connectivity index is 0.00000264. The smallest absolute Gasteiger partial charge is 0.240 e. The Hall–Kier alpha value is -0.850. The predicted octanol–water partition coefficient (Wildman–Crippen LogP) is 1.12. The summed E-state index contributed by atoms with van der Waals surface area (Å²) in [6.45, 7) is 4.99. The molecule has 1 saturated carbocycles. The lowest BCUT2D eigenvalue weighted by molar-refractivity contribution is -0.132. The van der Waals surface area contributed by atoms with E-state index in [-0.39, 0.29) is 42.2 Å². The summed E-state index contributed by atoms with van der Waals surface area (Å²) in [4.78, 5) is 24.6. The lowest BCUT2D eigenvalue weighted by atomic mass is 9.83. The van der Waals surface area contributed by atoms with Crippen molar-refractivity contribution in [1.82, 2.24) is 10.6 Å². The molecular weight excluding hydrogens is 318 g/mol. The molecule has 2 fully saturated rings. The van der Waals surface area contributed by atoms with Crippen molar-refractivity contribution in [3.63, 3.8) is 0 Å². The molecule has 0 aromatic carbocycles. The SMILES string of the molecule is CC(C)NC(=O)C1CCCC(NC(=O)C2(N)CCOCC2)C1.Cl. The van der Waals surface area contributed by atoms with Gasteiger partial charge in [0.05, 0.1) is 5.54 Å². The molecule has 0 radical (unpaired) electrons. The van der Waals surface area contributed by atoms with Gasteiger partial charge in [-0.15, -0.1) is 12.4 Å². The Bertz CT molecular complexity index is 411. The van der Waals surface area contributed by atoms with Crippen LogP contribution in [-0.4, -0.2) is 42.7 Å². The Morgan fingerprint density at radius 2 is 1.87 bits per heavy atom. The van der Waals surface area contributed by atoms with Gasteiger partial charge in [-0.05, 0) is 46.0 Å². The summed E-state index contributed by atoms with van der Waals surface area (Å²) in [7, 11) is 0. The summed E-state index contributed by atoms with van der Waals surface area (Å²) in [6, 6.07) is 0.199. The van der Waals surface area contributed by atoms with Crippen LogP contribution in [-0.2, 0) is 14.3 Å². The Labute approximate surface area is 144 Å². The summed E-state index contributed by atoms with van der Waals surface area (Å²) < 4.78 is 5.28. The van der Waals surface area contributed by atoms with Crippen LogP contribution < -0.4 is 16.4 Å². The first-order chi connectivity index (χ1) is 10.4. The summed E-state index contributed by atoms with van der Waals surface area (Å²) in [6.07, 6.45) is 4.60. The van der Waals surface area contributed by atoms with Crippen LogP contribution in [0.3, 0.4) is 0 Å². The van der Waals surface area contributed by atoms with Gasteiger partial charge in [0.15, 0.2) is 0 Å². The van der Waals surface area contributed by atoms with Crippen LogP contribution in [0.15, 0.2) is 0 Å². The van der Waals surface area contributed by atoms with Crippen molar-refractivity contribution in [2.24, 2.45) is 11.7 Å². The summed E-state index contributed by atoms with van der Waals surface area (Å²) in [5.41, 5.74) is 5.39. The highest BCUT2D eigenvalue weighted by atomic mass is 35.5. The van der Waals surface area contributed by atoms with Crippen molar-refractivity contribution in [2.75, 3.05) is 13.2 Å². The van der Waals surface area contributed by atoms with E-state index in [0.29, 0.717) is 32.5 Å². The number of nitrogens with one attached hydrogen (secondary N) is 2. The van der Waals surface area contributed by atoms with Crippen LogP contribution in [0.5, 0.6) is 0 Å². The fraction of sp³-hybridized carbons (Fsp3) is 0.875. The maximum Gasteiger partial charge on any atom is 0.240 e. The third kappa shape index (κ3) is 5.62. The molecule has 134 valence electrons. The highest BCUT2D eigenvalue weighted by Crippen LogP contribution is 2.26. The molecule has 2 atom stereocenters. The van der Waals surface area contributed by atoms with E-state index >= 15 is 0 Å². The molecule has 23 heavy (non-hydrogen) atoms. The Kier molecular flexibility index (Phi) is 7.77.